The molecule has 0 atom stereocenters. The van der Waals surface area contributed by atoms with Gasteiger partial charge in [-0.15, -0.1) is 0 Å². The molecule has 0 heterocycles. The van der Waals surface area contributed by atoms with Gasteiger partial charge in [-0.1, -0.05) is 70.4 Å². The number of amides is 1. The molecule has 4 nitrogen and oxygen atoms in total. The van der Waals surface area contributed by atoms with E-state index in [0.717, 1.165) is 12.8 Å². The van der Waals surface area contributed by atoms with Crippen molar-refractivity contribution in [3.8, 4) is 0 Å². The van der Waals surface area contributed by atoms with E-state index >= 15 is 0 Å². The molecule has 0 saturated carbocycles. The van der Waals surface area contributed by atoms with E-state index in [0.29, 0.717) is 6.42 Å². The number of carbonyl (C=O) groups is 2. The second-order valence-electron chi connectivity index (χ2n) is 6.59. The second kappa shape index (κ2) is 22.5. The minimum Gasteiger partial charge on any atom is -0.542 e. The number of rotatable bonds is 15. The minimum absolute atomic E-state index is 0. The van der Waals surface area contributed by atoms with Crippen molar-refractivity contribution in [1.29, 1.82) is 0 Å². The first kappa shape index (κ1) is 31.9. The summed E-state index contributed by atoms with van der Waals surface area (Å²) in [5.41, 5.74) is 5.10. The van der Waals surface area contributed by atoms with Crippen molar-refractivity contribution in [3.05, 3.63) is 12.2 Å². The van der Waals surface area contributed by atoms with Gasteiger partial charge in [0.15, 0.2) is 0 Å². The Morgan fingerprint density at radius 3 is 1.54 bits per heavy atom. The van der Waals surface area contributed by atoms with Gasteiger partial charge < -0.3 is 15.6 Å². The third-order valence-electron chi connectivity index (χ3n) is 3.92. The summed E-state index contributed by atoms with van der Waals surface area (Å²) in [7, 11) is 0. The van der Waals surface area contributed by atoms with Gasteiger partial charge in [0.2, 0.25) is 5.91 Å². The van der Waals surface area contributed by atoms with Gasteiger partial charge in [0, 0.05) is 6.42 Å². The zero-order valence-electron chi connectivity index (χ0n) is 16.8. The fourth-order valence-electron chi connectivity index (χ4n) is 2.37. The molecule has 0 unspecified atom stereocenters. The standard InChI is InChI=1S/C18H35NO.C2HF3O2.Ag/c1-2-3-4-5-6-7-8-9-10-11-12-13-14-15-16-17-18(19)20;3-2(4,5)1(6)7;/h9-10H,2-8,11-17H2,1H3,(H2,19,20);(H,6,7);/q;;+1/p-1/b10-9-;;. The molecule has 1 amide bonds. The van der Waals surface area contributed by atoms with Gasteiger partial charge >= 0.3 is 28.6 Å². The van der Waals surface area contributed by atoms with Crippen LogP contribution in [0.1, 0.15) is 96.8 Å². The maximum atomic E-state index is 10.5. The predicted molar refractivity (Wildman–Crippen MR) is 99.7 cm³/mol. The van der Waals surface area contributed by atoms with Crippen LogP contribution in [0.5, 0.6) is 0 Å². The topological polar surface area (TPSA) is 83.2 Å². The van der Waals surface area contributed by atoms with E-state index in [2.05, 4.69) is 19.1 Å². The molecule has 0 fully saturated rings. The van der Waals surface area contributed by atoms with E-state index in [1.165, 1.54) is 70.6 Å². The molecule has 170 valence electrons. The Morgan fingerprint density at radius 1 is 0.821 bits per heavy atom. The Hall–Kier alpha value is -0.790. The largest absolute Gasteiger partial charge is 1.00 e. The van der Waals surface area contributed by atoms with E-state index in [-0.39, 0.29) is 28.3 Å². The molecular weight excluding hydrogens is 467 g/mol. The number of carbonyl (C=O) groups excluding carboxylic acids is 2. The summed E-state index contributed by atoms with van der Waals surface area (Å²) in [6.45, 7) is 2.26. The monoisotopic (exact) mass is 501 g/mol. The number of primary amides is 1. The molecule has 0 saturated heterocycles. The Bertz CT molecular complexity index is 403. The molecule has 28 heavy (non-hydrogen) atoms. The molecule has 0 aromatic rings. The summed E-state index contributed by atoms with van der Waals surface area (Å²) in [5.74, 6) is -3.17. The van der Waals surface area contributed by atoms with Crippen LogP contribution < -0.4 is 10.8 Å². The quantitative estimate of drug-likeness (QED) is 0.198. The zero-order valence-corrected chi connectivity index (χ0v) is 18.3. The van der Waals surface area contributed by atoms with Crippen molar-refractivity contribution < 1.29 is 50.2 Å². The minimum atomic E-state index is -5.19. The van der Waals surface area contributed by atoms with Crippen LogP contribution in [0.15, 0.2) is 12.2 Å². The van der Waals surface area contributed by atoms with Gasteiger partial charge in [0.05, 0.1) is 0 Å². The molecule has 0 aliphatic rings. The molecule has 0 spiro atoms. The zero-order chi connectivity index (χ0) is 21.0. The van der Waals surface area contributed by atoms with Crippen LogP contribution in [0.4, 0.5) is 13.2 Å². The first-order chi connectivity index (χ1) is 12.7. The van der Waals surface area contributed by atoms with Gasteiger partial charge in [-0.3, -0.25) is 4.79 Å². The molecule has 0 aromatic heterocycles. The molecule has 0 aromatic carbocycles. The molecule has 0 radical (unpaired) electrons. The Morgan fingerprint density at radius 2 is 1.18 bits per heavy atom. The van der Waals surface area contributed by atoms with E-state index in [1.807, 2.05) is 0 Å². The van der Waals surface area contributed by atoms with Crippen molar-refractivity contribution in [2.45, 2.75) is 103 Å². The third kappa shape index (κ3) is 30.0. The number of aliphatic carboxylic acids is 1. The van der Waals surface area contributed by atoms with Crippen LogP contribution in [0.2, 0.25) is 0 Å². The van der Waals surface area contributed by atoms with Crippen LogP contribution in [-0.4, -0.2) is 18.1 Å². The van der Waals surface area contributed by atoms with Crippen LogP contribution in [-0.2, 0) is 32.0 Å². The maximum Gasteiger partial charge on any atom is 1.00 e. The van der Waals surface area contributed by atoms with Crippen molar-refractivity contribution in [2.75, 3.05) is 0 Å². The van der Waals surface area contributed by atoms with Gasteiger partial charge in [0.25, 0.3) is 0 Å². The molecule has 0 aliphatic carbocycles. The molecule has 0 rings (SSSR count). The van der Waals surface area contributed by atoms with Crippen LogP contribution in [0.3, 0.4) is 0 Å². The Kier molecular flexibility index (Phi) is 25.6. The summed E-state index contributed by atoms with van der Waals surface area (Å²) in [5, 5.41) is 8.78. The van der Waals surface area contributed by atoms with Crippen LogP contribution in [0.25, 0.3) is 0 Å². The smallest absolute Gasteiger partial charge is 0.542 e. The van der Waals surface area contributed by atoms with Gasteiger partial charge in [-0.2, -0.15) is 13.2 Å². The molecule has 2 N–H and O–H groups in total. The predicted octanol–water partition coefficient (Wildman–Crippen LogP) is 4.81. The van der Waals surface area contributed by atoms with Crippen molar-refractivity contribution in [2.24, 2.45) is 5.73 Å². The summed E-state index contributed by atoms with van der Waals surface area (Å²) in [6.07, 6.45) is 16.7. The molecule has 0 aliphatic heterocycles. The number of unbranched alkanes of at least 4 members (excludes halogenated alkanes) is 11. The number of halogens is 3. The molecule has 8 heteroatoms. The van der Waals surface area contributed by atoms with Crippen LogP contribution in [0, 0.1) is 0 Å². The Balaban J connectivity index is -0.000000665. The number of nitrogens with two attached hydrogens (primary N) is 1. The van der Waals surface area contributed by atoms with Gasteiger partial charge in [-0.25, -0.2) is 0 Å². The van der Waals surface area contributed by atoms with E-state index in [4.69, 9.17) is 15.6 Å². The number of hydrogen-bond donors (Lipinski definition) is 1. The number of carboxylic acid groups (broad SMARTS) is 1. The number of carboxylic acids is 1. The SMILES string of the molecule is CCCCCCCC/C=C\CCCCCCCC(N)=O.O=C([O-])C(F)(F)F.[Ag+]. The molecular formula is C20H35AgF3NO3. The van der Waals surface area contributed by atoms with E-state index in [9.17, 15) is 18.0 Å². The molecule has 0 bridgehead atoms. The average molecular weight is 502 g/mol. The van der Waals surface area contributed by atoms with Crippen molar-refractivity contribution >= 4 is 11.9 Å². The summed E-state index contributed by atoms with van der Waals surface area (Å²) >= 11 is 0. The number of allylic oxidation sites excluding steroid dienone is 2. The normalized spacial score (nSPS) is 10.9. The van der Waals surface area contributed by atoms with Crippen LogP contribution >= 0.6 is 0 Å². The van der Waals surface area contributed by atoms with E-state index < -0.39 is 12.1 Å². The van der Waals surface area contributed by atoms with Gasteiger partial charge in [0.1, 0.15) is 5.97 Å². The third-order valence-corrected chi connectivity index (χ3v) is 3.92. The first-order valence-corrected chi connectivity index (χ1v) is 9.93. The first-order valence-electron chi connectivity index (χ1n) is 9.93. The summed E-state index contributed by atoms with van der Waals surface area (Å²) in [6, 6.07) is 0. The number of alkyl halides is 3. The fourth-order valence-corrected chi connectivity index (χ4v) is 2.37. The second-order valence-corrected chi connectivity index (χ2v) is 6.59. The average Bonchev–Trinajstić information content (AvgIpc) is 2.57. The Labute approximate surface area is 183 Å². The van der Waals surface area contributed by atoms with Crippen molar-refractivity contribution in [1.82, 2.24) is 0 Å². The van der Waals surface area contributed by atoms with E-state index in [1.54, 1.807) is 0 Å². The summed E-state index contributed by atoms with van der Waals surface area (Å²) in [4.78, 5) is 19.3. The fraction of sp³-hybridized carbons (Fsp3) is 0.800. The van der Waals surface area contributed by atoms with Gasteiger partial charge in [-0.05, 0) is 32.1 Å². The van der Waals surface area contributed by atoms with Crippen molar-refractivity contribution in [3.63, 3.8) is 0 Å². The maximum absolute atomic E-state index is 10.5. The summed E-state index contributed by atoms with van der Waals surface area (Å²) < 4.78 is 31.5. The number of hydrogen-bond acceptors (Lipinski definition) is 3.